The molecule has 0 bridgehead atoms. The maximum absolute atomic E-state index is 13.0. The zero-order valence-corrected chi connectivity index (χ0v) is 22.5. The van der Waals surface area contributed by atoms with Crippen LogP contribution in [0.5, 0.6) is 0 Å². The van der Waals surface area contributed by atoms with Gasteiger partial charge in [0.15, 0.2) is 5.78 Å². The molecule has 3 heterocycles. The third-order valence-electron chi connectivity index (χ3n) is 7.96. The summed E-state index contributed by atoms with van der Waals surface area (Å²) in [4.78, 5) is 43.0. The number of nitrogens with one attached hydrogen (secondary N) is 1. The van der Waals surface area contributed by atoms with E-state index in [4.69, 9.17) is 4.74 Å². The number of piperidine rings is 1. The lowest BCUT2D eigenvalue weighted by atomic mass is 9.86. The molecule has 3 aliphatic heterocycles. The van der Waals surface area contributed by atoms with Crippen molar-refractivity contribution in [1.82, 2.24) is 20.0 Å². The van der Waals surface area contributed by atoms with Crippen LogP contribution in [0.2, 0.25) is 0 Å². The average molecular weight is 531 g/mol. The van der Waals surface area contributed by atoms with Crippen molar-refractivity contribution in [2.45, 2.75) is 44.4 Å². The number of ketones is 1. The highest BCUT2D eigenvalue weighted by Crippen LogP contribution is 2.30. The number of hydrogen-bond acceptors (Lipinski definition) is 6. The first-order valence-electron chi connectivity index (χ1n) is 14.2. The summed E-state index contributed by atoms with van der Waals surface area (Å²) in [6, 6.07) is 7.99. The number of amides is 2. The number of allylic oxidation sites excluding steroid dienone is 4. The Morgan fingerprint density at radius 2 is 1.90 bits per heavy atom. The van der Waals surface area contributed by atoms with Crippen LogP contribution in [0.3, 0.4) is 0 Å². The van der Waals surface area contributed by atoms with E-state index in [2.05, 4.69) is 21.2 Å². The van der Waals surface area contributed by atoms with Gasteiger partial charge in [0.05, 0.1) is 0 Å². The highest BCUT2D eigenvalue weighted by atomic mass is 16.5. The molecule has 8 heteroatoms. The average Bonchev–Trinajstić information content (AvgIpc) is 3.39. The Kier molecular flexibility index (Phi) is 8.93. The number of carbonyl (C=O) groups is 3. The second-order valence-electron chi connectivity index (χ2n) is 10.6. The zero-order valence-electron chi connectivity index (χ0n) is 22.5. The van der Waals surface area contributed by atoms with Crippen LogP contribution in [0, 0.1) is 0 Å². The first kappa shape index (κ1) is 26.9. The molecule has 0 radical (unpaired) electrons. The molecule has 1 aliphatic carbocycles. The fourth-order valence-electron chi connectivity index (χ4n) is 5.74. The van der Waals surface area contributed by atoms with Crippen molar-refractivity contribution in [1.29, 1.82) is 0 Å². The van der Waals surface area contributed by atoms with Crippen LogP contribution in [0.4, 0.5) is 0 Å². The van der Waals surface area contributed by atoms with Gasteiger partial charge in [0, 0.05) is 69.1 Å². The van der Waals surface area contributed by atoms with Crippen molar-refractivity contribution < 1.29 is 19.1 Å². The number of hydrogen-bond donors (Lipinski definition) is 1. The summed E-state index contributed by atoms with van der Waals surface area (Å²) in [6.45, 7) is 5.87. The molecule has 39 heavy (non-hydrogen) atoms. The summed E-state index contributed by atoms with van der Waals surface area (Å²) in [5.41, 5.74) is 2.81. The number of nitrogens with zero attached hydrogens (tertiary/aromatic N) is 3. The minimum absolute atomic E-state index is 0.0206. The summed E-state index contributed by atoms with van der Waals surface area (Å²) >= 11 is 0. The third-order valence-corrected chi connectivity index (χ3v) is 7.96. The first-order chi connectivity index (χ1) is 19.1. The second-order valence-corrected chi connectivity index (χ2v) is 10.6. The molecular weight excluding hydrogens is 492 g/mol. The molecule has 0 aromatic heterocycles. The predicted octanol–water partition coefficient (Wildman–Crippen LogP) is 3.71. The highest BCUT2D eigenvalue weighted by Gasteiger charge is 2.25. The minimum atomic E-state index is -0.0206. The topological polar surface area (TPSA) is 82.2 Å². The Bertz CT molecular complexity index is 1190. The van der Waals surface area contributed by atoms with Gasteiger partial charge in [-0.25, -0.2) is 0 Å². The van der Waals surface area contributed by atoms with Gasteiger partial charge >= 0.3 is 0 Å². The van der Waals surface area contributed by atoms with E-state index in [0.29, 0.717) is 31.8 Å². The molecule has 2 fully saturated rings. The molecule has 1 N–H and O–H groups in total. The van der Waals surface area contributed by atoms with Gasteiger partial charge in [-0.3, -0.25) is 14.4 Å². The van der Waals surface area contributed by atoms with Crippen LogP contribution in [0.1, 0.15) is 60.4 Å². The summed E-state index contributed by atoms with van der Waals surface area (Å²) < 4.78 is 5.66. The quantitative estimate of drug-likeness (QED) is 0.465. The monoisotopic (exact) mass is 530 g/mol. The van der Waals surface area contributed by atoms with Gasteiger partial charge in [-0.2, -0.15) is 0 Å². The van der Waals surface area contributed by atoms with E-state index in [1.165, 1.54) is 0 Å². The van der Waals surface area contributed by atoms with Crippen molar-refractivity contribution >= 4 is 17.6 Å². The van der Waals surface area contributed by atoms with E-state index in [0.717, 1.165) is 80.9 Å². The Hall–Kier alpha value is -3.65. The first-order valence-corrected chi connectivity index (χ1v) is 14.2. The van der Waals surface area contributed by atoms with E-state index in [1.807, 2.05) is 41.6 Å². The van der Waals surface area contributed by atoms with Gasteiger partial charge in [0.25, 0.3) is 5.91 Å². The number of likely N-dealkylation sites (tertiary alicyclic amines) is 2. The molecule has 0 unspecified atom stereocenters. The van der Waals surface area contributed by atoms with Gasteiger partial charge in [0.1, 0.15) is 12.0 Å². The summed E-state index contributed by atoms with van der Waals surface area (Å²) in [5, 5.41) is 3.07. The number of ether oxygens (including phenoxy) is 1. The van der Waals surface area contributed by atoms with E-state index < -0.39 is 0 Å². The van der Waals surface area contributed by atoms with Gasteiger partial charge in [-0.15, -0.1) is 0 Å². The van der Waals surface area contributed by atoms with Crippen LogP contribution in [-0.4, -0.2) is 78.1 Å². The molecule has 1 aromatic carbocycles. The van der Waals surface area contributed by atoms with Gasteiger partial charge < -0.3 is 24.8 Å². The van der Waals surface area contributed by atoms with E-state index >= 15 is 0 Å². The van der Waals surface area contributed by atoms with E-state index in [-0.39, 0.29) is 17.6 Å². The maximum atomic E-state index is 13.0. The Morgan fingerprint density at radius 1 is 1.05 bits per heavy atom. The fraction of sp³-hybridized carbons (Fsp3) is 0.452. The largest absolute Gasteiger partial charge is 0.462 e. The molecular formula is C31H38N4O4. The van der Waals surface area contributed by atoms with Crippen LogP contribution in [-0.2, 0) is 14.3 Å². The third kappa shape index (κ3) is 7.06. The number of carbonyl (C=O) groups excluding carboxylic acids is 3. The van der Waals surface area contributed by atoms with Crippen molar-refractivity contribution in [3.63, 3.8) is 0 Å². The zero-order chi connectivity index (χ0) is 27.0. The molecule has 0 atom stereocenters. The summed E-state index contributed by atoms with van der Waals surface area (Å²) in [7, 11) is 0. The Balaban J connectivity index is 1.08. The normalized spacial score (nSPS) is 20.2. The van der Waals surface area contributed by atoms with Gasteiger partial charge in [-0.1, -0.05) is 30.4 Å². The molecule has 8 nitrogen and oxygen atoms in total. The molecule has 4 aliphatic rings. The second kappa shape index (κ2) is 12.9. The molecule has 0 spiro atoms. The minimum Gasteiger partial charge on any atom is -0.462 e. The summed E-state index contributed by atoms with van der Waals surface area (Å²) in [5.74, 6) is 1.40. The van der Waals surface area contributed by atoms with Crippen LogP contribution in [0.15, 0.2) is 72.5 Å². The molecule has 5 rings (SSSR count). The lowest BCUT2D eigenvalue weighted by molar-refractivity contribution is -0.127. The van der Waals surface area contributed by atoms with Crippen molar-refractivity contribution in [3.8, 4) is 0 Å². The van der Waals surface area contributed by atoms with Crippen molar-refractivity contribution in [2.75, 3.05) is 45.8 Å². The van der Waals surface area contributed by atoms with Crippen LogP contribution in [0.25, 0.3) is 0 Å². The van der Waals surface area contributed by atoms with Gasteiger partial charge in [-0.05, 0) is 62.4 Å². The highest BCUT2D eigenvalue weighted by molar-refractivity contribution is 5.96. The standard InChI is InChI=1S/C31H38N4O4/c36-26-7-3-6-25(22-26)29-23-34(20-21-39-29)19-18-33-16-11-24(12-17-33)27-8-1-2-9-28(27)31(38)32-13-5-15-35-14-4-10-30(35)37/h1-3,6-9,20-21,23-24H,4-5,10-19,22H2,(H,32,38). The molecule has 206 valence electrons. The lowest BCUT2D eigenvalue weighted by Gasteiger charge is -2.34. The Labute approximate surface area is 230 Å². The molecule has 2 amide bonds. The smallest absolute Gasteiger partial charge is 0.251 e. The van der Waals surface area contributed by atoms with Crippen molar-refractivity contribution in [3.05, 3.63) is 83.6 Å². The SMILES string of the molecule is O=C1C=CC=C(C2=CN(CCN3CCC(c4ccccc4C(=O)NCCCN4CCCC4=O)CC3)C=CO2)C1. The lowest BCUT2D eigenvalue weighted by Crippen LogP contribution is -2.38. The number of benzene rings is 1. The molecule has 0 saturated carbocycles. The number of rotatable bonds is 10. The summed E-state index contributed by atoms with van der Waals surface area (Å²) in [6.07, 6.45) is 15.7. The van der Waals surface area contributed by atoms with E-state index in [9.17, 15) is 14.4 Å². The van der Waals surface area contributed by atoms with E-state index in [1.54, 1.807) is 18.4 Å². The maximum Gasteiger partial charge on any atom is 0.251 e. The van der Waals surface area contributed by atoms with Crippen molar-refractivity contribution in [2.24, 2.45) is 0 Å². The molecule has 2 saturated heterocycles. The predicted molar refractivity (Wildman–Crippen MR) is 149 cm³/mol. The van der Waals surface area contributed by atoms with Crippen LogP contribution < -0.4 is 5.32 Å². The Morgan fingerprint density at radius 3 is 2.69 bits per heavy atom. The fourth-order valence-corrected chi connectivity index (χ4v) is 5.74. The molecule has 1 aromatic rings. The van der Waals surface area contributed by atoms with Gasteiger partial charge in [0.2, 0.25) is 5.91 Å². The van der Waals surface area contributed by atoms with Crippen LogP contribution >= 0.6 is 0 Å².